The maximum Gasteiger partial charge on any atom is 0.261 e. The van der Waals surface area contributed by atoms with Gasteiger partial charge >= 0.3 is 0 Å². The van der Waals surface area contributed by atoms with Crippen molar-refractivity contribution in [2.75, 3.05) is 0 Å². The summed E-state index contributed by atoms with van der Waals surface area (Å²) in [5, 5.41) is 12.8. The van der Waals surface area contributed by atoms with E-state index in [4.69, 9.17) is 0 Å². The number of hydrogen-bond acceptors (Lipinski definition) is 3. The summed E-state index contributed by atoms with van der Waals surface area (Å²) in [7, 11) is 0. The lowest BCUT2D eigenvalue weighted by Gasteiger charge is -2.22. The molecule has 0 saturated heterocycles. The van der Waals surface area contributed by atoms with Crippen LogP contribution in [0.4, 0.5) is 0 Å². The first-order chi connectivity index (χ1) is 9.49. The highest BCUT2D eigenvalue weighted by Crippen LogP contribution is 2.18. The molecule has 1 aromatic rings. The molecule has 1 aromatic heterocycles. The average molecular weight is 278 g/mol. The molecule has 0 spiro atoms. The number of rotatable bonds is 2. The maximum absolute atomic E-state index is 12.3. The van der Waals surface area contributed by atoms with Crippen molar-refractivity contribution in [1.29, 1.82) is 0 Å². The molecule has 2 rings (SSSR count). The van der Waals surface area contributed by atoms with Gasteiger partial charge in [0.15, 0.2) is 0 Å². The zero-order valence-electron chi connectivity index (χ0n) is 12.0. The van der Waals surface area contributed by atoms with Gasteiger partial charge in [0.25, 0.3) is 11.5 Å². The van der Waals surface area contributed by atoms with Crippen LogP contribution in [0.1, 0.15) is 53.7 Å². The van der Waals surface area contributed by atoms with Crippen molar-refractivity contribution in [3.63, 3.8) is 0 Å². The highest BCUT2D eigenvalue weighted by Gasteiger charge is 2.25. The number of aromatic amines is 1. The molecule has 20 heavy (non-hydrogen) atoms. The number of H-pyrrole nitrogens is 1. The number of nitrogens with one attached hydrogen (secondary N) is 2. The Balaban J connectivity index is 2.18. The van der Waals surface area contributed by atoms with E-state index in [1.54, 1.807) is 19.9 Å². The molecule has 0 aliphatic heterocycles. The summed E-state index contributed by atoms with van der Waals surface area (Å²) >= 11 is 0. The number of aromatic nitrogens is 1. The second kappa shape index (κ2) is 6.22. The largest absolute Gasteiger partial charge is 0.391 e. The van der Waals surface area contributed by atoms with Gasteiger partial charge in [-0.3, -0.25) is 9.59 Å². The van der Waals surface area contributed by atoms with E-state index in [1.807, 2.05) is 0 Å². The van der Waals surface area contributed by atoms with E-state index in [1.165, 1.54) is 0 Å². The SMILES string of the molecule is Cc1cc(C)c(C(=O)NC2CCCCCC2O)c(=O)[nH]1. The minimum atomic E-state index is -0.522. The molecule has 0 radical (unpaired) electrons. The van der Waals surface area contributed by atoms with Crippen molar-refractivity contribution in [2.24, 2.45) is 0 Å². The number of hydrogen-bond donors (Lipinski definition) is 3. The fourth-order valence-corrected chi connectivity index (χ4v) is 2.83. The van der Waals surface area contributed by atoms with Gasteiger partial charge < -0.3 is 15.4 Å². The van der Waals surface area contributed by atoms with Gasteiger partial charge in [0.05, 0.1) is 12.1 Å². The molecule has 3 N–H and O–H groups in total. The molecule has 1 heterocycles. The Morgan fingerprint density at radius 2 is 2.00 bits per heavy atom. The Morgan fingerprint density at radius 1 is 1.30 bits per heavy atom. The van der Waals surface area contributed by atoms with Crippen LogP contribution in [0.15, 0.2) is 10.9 Å². The predicted octanol–water partition coefficient (Wildman–Crippen LogP) is 1.42. The van der Waals surface area contributed by atoms with Crippen molar-refractivity contribution in [2.45, 2.75) is 58.1 Å². The van der Waals surface area contributed by atoms with Crippen molar-refractivity contribution in [3.05, 3.63) is 33.2 Å². The number of aliphatic hydroxyl groups excluding tert-OH is 1. The molecule has 5 nitrogen and oxygen atoms in total. The lowest BCUT2D eigenvalue weighted by Crippen LogP contribution is -2.44. The van der Waals surface area contributed by atoms with Crippen molar-refractivity contribution in [3.8, 4) is 0 Å². The summed E-state index contributed by atoms with van der Waals surface area (Å²) in [4.78, 5) is 26.8. The van der Waals surface area contributed by atoms with Gasteiger partial charge in [0.1, 0.15) is 5.56 Å². The van der Waals surface area contributed by atoms with E-state index in [2.05, 4.69) is 10.3 Å². The minimum Gasteiger partial charge on any atom is -0.391 e. The van der Waals surface area contributed by atoms with E-state index in [9.17, 15) is 14.7 Å². The summed E-state index contributed by atoms with van der Waals surface area (Å²) in [5.41, 5.74) is 1.17. The zero-order chi connectivity index (χ0) is 14.7. The molecule has 5 heteroatoms. The van der Waals surface area contributed by atoms with Gasteiger partial charge in [-0.05, 0) is 38.3 Å². The Kier molecular flexibility index (Phi) is 4.60. The molecule has 0 bridgehead atoms. The first-order valence-corrected chi connectivity index (χ1v) is 7.18. The van der Waals surface area contributed by atoms with Crippen LogP contribution in [0.25, 0.3) is 0 Å². The van der Waals surface area contributed by atoms with Crippen molar-refractivity contribution < 1.29 is 9.90 Å². The highest BCUT2D eigenvalue weighted by molar-refractivity contribution is 5.95. The number of aliphatic hydroxyl groups is 1. The van der Waals surface area contributed by atoms with E-state index in [-0.39, 0.29) is 17.2 Å². The van der Waals surface area contributed by atoms with Crippen LogP contribution >= 0.6 is 0 Å². The molecule has 1 aliphatic carbocycles. The van der Waals surface area contributed by atoms with Gasteiger partial charge in [-0.25, -0.2) is 0 Å². The predicted molar refractivity (Wildman–Crippen MR) is 76.9 cm³/mol. The normalized spacial score (nSPS) is 23.1. The van der Waals surface area contributed by atoms with Gasteiger partial charge in [-0.2, -0.15) is 0 Å². The van der Waals surface area contributed by atoms with Crippen LogP contribution in [0.5, 0.6) is 0 Å². The van der Waals surface area contributed by atoms with E-state index in [0.29, 0.717) is 12.0 Å². The molecule has 1 aliphatic rings. The standard InChI is InChI=1S/C15H22N2O3/c1-9-8-10(2)16-14(19)13(9)15(20)17-11-6-4-3-5-7-12(11)18/h8,11-12,18H,3-7H2,1-2H3,(H,16,19)(H,17,20). The molecule has 1 saturated carbocycles. The Bertz CT molecular complexity index is 551. The molecule has 2 unspecified atom stereocenters. The van der Waals surface area contributed by atoms with Crippen LogP contribution in [0.2, 0.25) is 0 Å². The number of carbonyl (C=O) groups is 1. The third-order valence-corrected chi connectivity index (χ3v) is 3.89. The van der Waals surface area contributed by atoms with Gasteiger partial charge in [-0.15, -0.1) is 0 Å². The van der Waals surface area contributed by atoms with Crippen LogP contribution < -0.4 is 10.9 Å². The molecule has 110 valence electrons. The second-order valence-corrected chi connectivity index (χ2v) is 5.62. The first kappa shape index (κ1) is 14.8. The van der Waals surface area contributed by atoms with Gasteiger partial charge in [0, 0.05) is 5.69 Å². The van der Waals surface area contributed by atoms with Gasteiger partial charge in [-0.1, -0.05) is 19.3 Å². The topological polar surface area (TPSA) is 82.2 Å². The highest BCUT2D eigenvalue weighted by atomic mass is 16.3. The second-order valence-electron chi connectivity index (χ2n) is 5.62. The Labute approximate surface area is 118 Å². The third kappa shape index (κ3) is 3.28. The Morgan fingerprint density at radius 3 is 2.70 bits per heavy atom. The van der Waals surface area contributed by atoms with Crippen molar-refractivity contribution in [1.82, 2.24) is 10.3 Å². The number of aryl methyl sites for hydroxylation is 2. The summed E-state index contributed by atoms with van der Waals surface area (Å²) in [6.45, 7) is 3.53. The fourth-order valence-electron chi connectivity index (χ4n) is 2.83. The van der Waals surface area contributed by atoms with Crippen LogP contribution in [0, 0.1) is 13.8 Å². The van der Waals surface area contributed by atoms with Crippen molar-refractivity contribution >= 4 is 5.91 Å². The number of amides is 1. The Hall–Kier alpha value is -1.62. The summed E-state index contributed by atoms with van der Waals surface area (Å²) in [6.07, 6.45) is 3.99. The smallest absolute Gasteiger partial charge is 0.261 e. The fraction of sp³-hybridized carbons (Fsp3) is 0.600. The van der Waals surface area contributed by atoms with Gasteiger partial charge in [0.2, 0.25) is 0 Å². The lowest BCUT2D eigenvalue weighted by atomic mass is 10.0. The van der Waals surface area contributed by atoms with E-state index < -0.39 is 12.0 Å². The summed E-state index contributed by atoms with van der Waals surface area (Å²) in [5.74, 6) is -0.394. The average Bonchev–Trinajstić information content (AvgIpc) is 2.53. The van der Waals surface area contributed by atoms with Crippen LogP contribution in [0.3, 0.4) is 0 Å². The number of pyridine rings is 1. The summed E-state index contributed by atoms with van der Waals surface area (Å²) in [6, 6.07) is 1.52. The minimum absolute atomic E-state index is 0.145. The molecule has 1 fully saturated rings. The molecule has 0 aromatic carbocycles. The zero-order valence-corrected chi connectivity index (χ0v) is 12.0. The van der Waals surface area contributed by atoms with Crippen LogP contribution in [-0.2, 0) is 0 Å². The lowest BCUT2D eigenvalue weighted by molar-refractivity contribution is 0.0817. The third-order valence-electron chi connectivity index (χ3n) is 3.89. The quantitative estimate of drug-likeness (QED) is 0.715. The molecule has 1 amide bonds. The molecular weight excluding hydrogens is 256 g/mol. The monoisotopic (exact) mass is 278 g/mol. The molecule has 2 atom stereocenters. The van der Waals surface area contributed by atoms with Crippen LogP contribution in [-0.4, -0.2) is 28.1 Å². The first-order valence-electron chi connectivity index (χ1n) is 7.18. The van der Waals surface area contributed by atoms with E-state index in [0.717, 1.165) is 31.4 Å². The number of carbonyl (C=O) groups excluding carboxylic acids is 1. The molecular formula is C15H22N2O3. The maximum atomic E-state index is 12.3. The summed E-state index contributed by atoms with van der Waals surface area (Å²) < 4.78 is 0. The van der Waals surface area contributed by atoms with E-state index >= 15 is 0 Å².